The zero-order valence-corrected chi connectivity index (χ0v) is 8.57. The molecular weight excluding hydrogens is 283 g/mol. The molecule has 1 heterocycles. The lowest BCUT2D eigenvalue weighted by molar-refractivity contribution is 0.0697. The molecule has 0 amide bonds. The second-order valence-electron chi connectivity index (χ2n) is 2.53. The van der Waals surface area contributed by atoms with Gasteiger partial charge in [0.25, 0.3) is 0 Å². The first-order chi connectivity index (χ1) is 6.20. The fraction of sp³-hybridized carbons (Fsp3) is 0. The Hall–Kier alpha value is -1.11. The third-order valence-corrected chi connectivity index (χ3v) is 2.65. The van der Waals surface area contributed by atoms with Crippen molar-refractivity contribution in [2.24, 2.45) is 0 Å². The van der Waals surface area contributed by atoms with Crippen molar-refractivity contribution in [1.82, 2.24) is 9.97 Å². The van der Waals surface area contributed by atoms with Crippen LogP contribution in [0, 0.1) is 3.57 Å². The van der Waals surface area contributed by atoms with Crippen LogP contribution in [0.5, 0.6) is 0 Å². The van der Waals surface area contributed by atoms with Gasteiger partial charge in [-0.1, -0.05) is 0 Å². The fourth-order valence-corrected chi connectivity index (χ4v) is 1.85. The van der Waals surface area contributed by atoms with E-state index in [-0.39, 0.29) is 5.56 Å². The van der Waals surface area contributed by atoms with Crippen LogP contribution in [0.25, 0.3) is 11.0 Å². The van der Waals surface area contributed by atoms with Gasteiger partial charge < -0.3 is 10.1 Å². The molecule has 0 aliphatic heterocycles. The number of H-pyrrole nitrogens is 1. The summed E-state index contributed by atoms with van der Waals surface area (Å²) in [5.74, 6) is -0.942. The van der Waals surface area contributed by atoms with Crippen molar-refractivity contribution in [2.75, 3.05) is 0 Å². The molecule has 13 heavy (non-hydrogen) atoms. The van der Waals surface area contributed by atoms with E-state index in [2.05, 4.69) is 9.97 Å². The van der Waals surface area contributed by atoms with Gasteiger partial charge in [0.1, 0.15) is 11.1 Å². The SMILES string of the molecule is O=C(O)c1c(I)ccc2[nH]cnc12. The van der Waals surface area contributed by atoms with Crippen LogP contribution in [0.3, 0.4) is 0 Å². The van der Waals surface area contributed by atoms with E-state index < -0.39 is 5.97 Å². The topological polar surface area (TPSA) is 66.0 Å². The summed E-state index contributed by atoms with van der Waals surface area (Å²) >= 11 is 1.99. The Morgan fingerprint density at radius 1 is 1.54 bits per heavy atom. The number of fused-ring (bicyclic) bond motifs is 1. The van der Waals surface area contributed by atoms with Crippen molar-refractivity contribution in [3.63, 3.8) is 0 Å². The normalized spacial score (nSPS) is 10.5. The van der Waals surface area contributed by atoms with Crippen molar-refractivity contribution >= 4 is 39.6 Å². The van der Waals surface area contributed by atoms with E-state index in [1.807, 2.05) is 28.7 Å². The van der Waals surface area contributed by atoms with Crippen LogP contribution in [0.15, 0.2) is 18.5 Å². The summed E-state index contributed by atoms with van der Waals surface area (Å²) in [5, 5.41) is 8.92. The fourth-order valence-electron chi connectivity index (χ4n) is 1.19. The van der Waals surface area contributed by atoms with Crippen LogP contribution in [-0.2, 0) is 0 Å². The van der Waals surface area contributed by atoms with Gasteiger partial charge in [-0.15, -0.1) is 0 Å². The molecule has 0 fully saturated rings. The standard InChI is InChI=1S/C8H5IN2O2/c9-4-1-2-5-7(11-3-10-5)6(4)8(12)13/h1-3H,(H,10,11)(H,12,13). The maximum Gasteiger partial charge on any atom is 0.339 e. The first-order valence-electron chi connectivity index (χ1n) is 3.55. The molecule has 0 bridgehead atoms. The largest absolute Gasteiger partial charge is 0.478 e. The summed E-state index contributed by atoms with van der Waals surface area (Å²) in [6.07, 6.45) is 1.49. The van der Waals surface area contributed by atoms with Crippen molar-refractivity contribution in [1.29, 1.82) is 0 Å². The van der Waals surface area contributed by atoms with Gasteiger partial charge in [-0.3, -0.25) is 0 Å². The number of carboxylic acids is 1. The number of aromatic carboxylic acids is 1. The monoisotopic (exact) mass is 288 g/mol. The molecule has 2 N–H and O–H groups in total. The molecule has 4 nitrogen and oxygen atoms in total. The highest BCUT2D eigenvalue weighted by Gasteiger charge is 2.14. The van der Waals surface area contributed by atoms with Gasteiger partial charge in [-0.2, -0.15) is 0 Å². The van der Waals surface area contributed by atoms with Gasteiger partial charge in [0.2, 0.25) is 0 Å². The molecule has 2 rings (SSSR count). The Morgan fingerprint density at radius 2 is 2.31 bits per heavy atom. The van der Waals surface area contributed by atoms with Gasteiger partial charge in [0, 0.05) is 3.57 Å². The second kappa shape index (κ2) is 2.99. The molecular formula is C8H5IN2O2. The van der Waals surface area contributed by atoms with E-state index in [4.69, 9.17) is 5.11 Å². The minimum absolute atomic E-state index is 0.263. The molecule has 2 aromatic rings. The zero-order chi connectivity index (χ0) is 9.42. The van der Waals surface area contributed by atoms with Gasteiger partial charge in [0.05, 0.1) is 11.8 Å². The van der Waals surface area contributed by atoms with E-state index in [1.165, 1.54) is 6.33 Å². The van der Waals surface area contributed by atoms with Crippen molar-refractivity contribution in [3.05, 3.63) is 27.6 Å². The maximum absolute atomic E-state index is 10.9. The number of nitrogens with zero attached hydrogens (tertiary/aromatic N) is 1. The average molecular weight is 288 g/mol. The van der Waals surface area contributed by atoms with Crippen LogP contribution in [0.4, 0.5) is 0 Å². The first-order valence-corrected chi connectivity index (χ1v) is 4.63. The summed E-state index contributed by atoms with van der Waals surface area (Å²) in [7, 11) is 0. The molecule has 1 aromatic heterocycles. The quantitative estimate of drug-likeness (QED) is 0.787. The van der Waals surface area contributed by atoms with Gasteiger partial charge >= 0.3 is 5.97 Å². The molecule has 0 unspecified atom stereocenters. The molecule has 66 valence electrons. The van der Waals surface area contributed by atoms with Crippen LogP contribution < -0.4 is 0 Å². The third kappa shape index (κ3) is 1.28. The van der Waals surface area contributed by atoms with E-state index in [1.54, 1.807) is 6.07 Å². The minimum Gasteiger partial charge on any atom is -0.478 e. The molecule has 0 atom stereocenters. The van der Waals surface area contributed by atoms with E-state index in [0.29, 0.717) is 9.09 Å². The Labute approximate surface area is 87.1 Å². The number of hydrogen-bond donors (Lipinski definition) is 2. The lowest BCUT2D eigenvalue weighted by Gasteiger charge is -1.98. The second-order valence-corrected chi connectivity index (χ2v) is 3.69. The summed E-state index contributed by atoms with van der Waals surface area (Å²) in [6.45, 7) is 0. The highest BCUT2D eigenvalue weighted by Crippen LogP contribution is 2.20. The van der Waals surface area contributed by atoms with Crippen molar-refractivity contribution in [2.45, 2.75) is 0 Å². The summed E-state index contributed by atoms with van der Waals surface area (Å²) in [4.78, 5) is 17.7. The predicted octanol–water partition coefficient (Wildman–Crippen LogP) is 1.87. The number of carbonyl (C=O) groups is 1. The number of benzene rings is 1. The van der Waals surface area contributed by atoms with Crippen LogP contribution in [0.2, 0.25) is 0 Å². The Kier molecular flexibility index (Phi) is 1.95. The highest BCUT2D eigenvalue weighted by molar-refractivity contribution is 14.1. The van der Waals surface area contributed by atoms with E-state index in [0.717, 1.165) is 5.52 Å². The zero-order valence-electron chi connectivity index (χ0n) is 6.41. The number of rotatable bonds is 1. The van der Waals surface area contributed by atoms with Crippen LogP contribution in [-0.4, -0.2) is 21.0 Å². The number of nitrogens with one attached hydrogen (secondary N) is 1. The van der Waals surface area contributed by atoms with Crippen molar-refractivity contribution < 1.29 is 9.90 Å². The number of carboxylic acid groups (broad SMARTS) is 1. The van der Waals surface area contributed by atoms with Crippen LogP contribution >= 0.6 is 22.6 Å². The molecule has 0 aliphatic rings. The smallest absolute Gasteiger partial charge is 0.339 e. The molecule has 0 radical (unpaired) electrons. The van der Waals surface area contributed by atoms with Gasteiger partial charge in [-0.25, -0.2) is 9.78 Å². The number of aromatic amines is 1. The average Bonchev–Trinajstić information content (AvgIpc) is 2.50. The Balaban J connectivity index is 2.88. The summed E-state index contributed by atoms with van der Waals surface area (Å²) in [5.41, 5.74) is 1.52. The van der Waals surface area contributed by atoms with Gasteiger partial charge in [-0.05, 0) is 34.7 Å². The maximum atomic E-state index is 10.9. The summed E-state index contributed by atoms with van der Waals surface area (Å²) < 4.78 is 0.699. The lowest BCUT2D eigenvalue weighted by atomic mass is 10.2. The van der Waals surface area contributed by atoms with Crippen LogP contribution in [0.1, 0.15) is 10.4 Å². The molecule has 1 aromatic carbocycles. The molecule has 5 heteroatoms. The molecule has 0 saturated carbocycles. The molecule has 0 aliphatic carbocycles. The molecule has 0 spiro atoms. The number of aromatic nitrogens is 2. The number of hydrogen-bond acceptors (Lipinski definition) is 2. The Morgan fingerprint density at radius 3 is 3.00 bits per heavy atom. The highest BCUT2D eigenvalue weighted by atomic mass is 127. The van der Waals surface area contributed by atoms with Crippen molar-refractivity contribution in [3.8, 4) is 0 Å². The van der Waals surface area contributed by atoms with E-state index in [9.17, 15) is 4.79 Å². The Bertz CT molecular complexity index is 478. The number of imidazole rings is 1. The lowest BCUT2D eigenvalue weighted by Crippen LogP contribution is -2.00. The third-order valence-electron chi connectivity index (χ3n) is 1.75. The summed E-state index contributed by atoms with van der Waals surface area (Å²) in [6, 6.07) is 3.57. The first kappa shape index (κ1) is 8.49. The van der Waals surface area contributed by atoms with Gasteiger partial charge in [0.15, 0.2) is 0 Å². The number of halogens is 1. The predicted molar refractivity (Wildman–Crippen MR) is 55.8 cm³/mol. The molecule has 0 saturated heterocycles. The van der Waals surface area contributed by atoms with E-state index >= 15 is 0 Å². The minimum atomic E-state index is -0.942.